The van der Waals surface area contributed by atoms with Crippen LogP contribution in [0.4, 0.5) is 5.69 Å². The van der Waals surface area contributed by atoms with Gasteiger partial charge in [-0.25, -0.2) is 0 Å². The van der Waals surface area contributed by atoms with Crippen molar-refractivity contribution in [2.45, 2.75) is 45.4 Å². The molecule has 6 nitrogen and oxygen atoms in total. The Morgan fingerprint density at radius 3 is 2.34 bits per heavy atom. The van der Waals surface area contributed by atoms with Crippen molar-refractivity contribution in [2.75, 3.05) is 44.6 Å². The lowest BCUT2D eigenvalue weighted by Crippen LogP contribution is -2.53. The first-order valence-corrected chi connectivity index (χ1v) is 13.9. The molecular weight excluding hydrogens is 472 g/mol. The zero-order valence-corrected chi connectivity index (χ0v) is 22.7. The third-order valence-corrected chi connectivity index (χ3v) is 7.80. The number of piperazine rings is 1. The van der Waals surface area contributed by atoms with E-state index in [9.17, 15) is 4.79 Å². The normalized spacial score (nSPS) is 19.0. The van der Waals surface area contributed by atoms with Crippen molar-refractivity contribution in [1.82, 2.24) is 14.7 Å². The largest absolute Gasteiger partial charge is 0.491 e. The molecule has 0 bridgehead atoms. The van der Waals surface area contributed by atoms with Gasteiger partial charge in [0.2, 0.25) is 5.91 Å². The minimum absolute atomic E-state index is 0.0962. The number of nitrogens with zero attached hydrogens (tertiary/aromatic N) is 3. The quantitative estimate of drug-likeness (QED) is 0.539. The molecule has 0 aliphatic carbocycles. The van der Waals surface area contributed by atoms with Crippen molar-refractivity contribution in [3.05, 3.63) is 95.6 Å². The number of rotatable bonds is 5. The molecule has 1 saturated heterocycles. The van der Waals surface area contributed by atoms with Gasteiger partial charge in [0, 0.05) is 56.6 Å². The van der Waals surface area contributed by atoms with Crippen LogP contribution in [0.1, 0.15) is 30.5 Å². The summed E-state index contributed by atoms with van der Waals surface area (Å²) in [5.74, 6) is 1.03. The molecule has 5 rings (SSSR count). The summed E-state index contributed by atoms with van der Waals surface area (Å²) in [4.78, 5) is 20.9. The SMILES string of the molecule is CC(C)N1CCN(CC(=O)N2Cc3ccccc3NCc3ccccc3OC[C@@H]2Cc2ccccc2)CC1. The standard InChI is InChI=1S/C32H40N4O2/c1-25(2)35-18-16-34(17-19-35)23-32(37)36-22-28-13-6-8-14-30(28)33-21-27-12-7-9-15-31(27)38-24-29(36)20-26-10-4-3-5-11-26/h3-15,25,29,33H,16-24H2,1-2H3/t29-/m0/s1. The molecule has 200 valence electrons. The summed E-state index contributed by atoms with van der Waals surface area (Å²) < 4.78 is 6.46. The van der Waals surface area contributed by atoms with Crippen LogP contribution in [-0.2, 0) is 24.3 Å². The Labute approximate surface area is 227 Å². The molecule has 2 aliphatic heterocycles. The highest BCUT2D eigenvalue weighted by Crippen LogP contribution is 2.26. The van der Waals surface area contributed by atoms with Crippen LogP contribution in [0.15, 0.2) is 78.9 Å². The summed E-state index contributed by atoms with van der Waals surface area (Å²) in [5.41, 5.74) is 4.51. The highest BCUT2D eigenvalue weighted by molar-refractivity contribution is 5.79. The molecule has 1 amide bonds. The number of para-hydroxylation sites is 2. The molecule has 1 N–H and O–H groups in total. The molecule has 0 aromatic heterocycles. The van der Waals surface area contributed by atoms with Gasteiger partial charge in [-0.2, -0.15) is 0 Å². The van der Waals surface area contributed by atoms with E-state index in [0.717, 1.165) is 55.2 Å². The summed E-state index contributed by atoms with van der Waals surface area (Å²) in [6.07, 6.45) is 0.742. The number of anilines is 1. The highest BCUT2D eigenvalue weighted by atomic mass is 16.5. The molecule has 0 radical (unpaired) electrons. The Balaban J connectivity index is 1.45. The van der Waals surface area contributed by atoms with E-state index in [1.54, 1.807) is 0 Å². The van der Waals surface area contributed by atoms with Gasteiger partial charge in [-0.05, 0) is 43.5 Å². The first-order chi connectivity index (χ1) is 18.6. The van der Waals surface area contributed by atoms with E-state index in [4.69, 9.17) is 4.74 Å². The van der Waals surface area contributed by atoms with E-state index < -0.39 is 0 Å². The van der Waals surface area contributed by atoms with Crippen LogP contribution >= 0.6 is 0 Å². The lowest BCUT2D eigenvalue weighted by Gasteiger charge is -2.38. The molecule has 6 heteroatoms. The van der Waals surface area contributed by atoms with Gasteiger partial charge in [-0.15, -0.1) is 0 Å². The number of amides is 1. The molecule has 0 unspecified atom stereocenters. The molecule has 2 aliphatic rings. The first-order valence-electron chi connectivity index (χ1n) is 13.9. The second-order valence-corrected chi connectivity index (χ2v) is 10.7. The predicted octanol–water partition coefficient (Wildman–Crippen LogP) is 4.66. The summed E-state index contributed by atoms with van der Waals surface area (Å²) in [5, 5.41) is 3.60. The third-order valence-electron chi connectivity index (χ3n) is 7.80. The van der Waals surface area contributed by atoms with Crippen LogP contribution in [0, 0.1) is 0 Å². The third kappa shape index (κ3) is 6.55. The predicted molar refractivity (Wildman–Crippen MR) is 153 cm³/mol. The van der Waals surface area contributed by atoms with Crippen LogP contribution < -0.4 is 10.1 Å². The van der Waals surface area contributed by atoms with Crippen molar-refractivity contribution in [1.29, 1.82) is 0 Å². The number of hydrogen-bond donors (Lipinski definition) is 1. The van der Waals surface area contributed by atoms with Crippen LogP contribution in [0.5, 0.6) is 5.75 Å². The second kappa shape index (κ2) is 12.5. The Bertz CT molecular complexity index is 1190. The maximum atomic E-state index is 14.1. The Morgan fingerprint density at radius 2 is 1.58 bits per heavy atom. The van der Waals surface area contributed by atoms with Gasteiger partial charge in [-0.3, -0.25) is 14.6 Å². The zero-order valence-electron chi connectivity index (χ0n) is 22.7. The van der Waals surface area contributed by atoms with Gasteiger partial charge in [0.05, 0.1) is 12.6 Å². The van der Waals surface area contributed by atoms with Gasteiger partial charge in [0.25, 0.3) is 0 Å². The molecule has 2 heterocycles. The minimum atomic E-state index is -0.0962. The maximum absolute atomic E-state index is 14.1. The fourth-order valence-electron chi connectivity index (χ4n) is 5.47. The van der Waals surface area contributed by atoms with Crippen LogP contribution in [0.3, 0.4) is 0 Å². The summed E-state index contributed by atoms with van der Waals surface area (Å²) in [6, 6.07) is 27.4. The number of ether oxygens (including phenoxy) is 1. The van der Waals surface area contributed by atoms with Crippen LogP contribution in [0.25, 0.3) is 0 Å². The van der Waals surface area contributed by atoms with E-state index >= 15 is 0 Å². The topological polar surface area (TPSA) is 48.0 Å². The van der Waals surface area contributed by atoms with Gasteiger partial charge in [0.1, 0.15) is 12.4 Å². The number of fused-ring (bicyclic) bond motifs is 2. The van der Waals surface area contributed by atoms with E-state index in [2.05, 4.69) is 88.5 Å². The van der Waals surface area contributed by atoms with Gasteiger partial charge in [0.15, 0.2) is 0 Å². The summed E-state index contributed by atoms with van der Waals surface area (Å²) >= 11 is 0. The van der Waals surface area contributed by atoms with Crippen molar-refractivity contribution < 1.29 is 9.53 Å². The van der Waals surface area contributed by atoms with Gasteiger partial charge >= 0.3 is 0 Å². The van der Waals surface area contributed by atoms with E-state index in [0.29, 0.717) is 32.3 Å². The maximum Gasteiger partial charge on any atom is 0.237 e. The lowest BCUT2D eigenvalue weighted by atomic mass is 10.0. The number of nitrogens with one attached hydrogen (secondary N) is 1. The Hall–Kier alpha value is -3.35. The van der Waals surface area contributed by atoms with Crippen molar-refractivity contribution in [3.63, 3.8) is 0 Å². The van der Waals surface area contributed by atoms with E-state index in [1.165, 1.54) is 5.56 Å². The zero-order chi connectivity index (χ0) is 26.3. The molecule has 1 fully saturated rings. The minimum Gasteiger partial charge on any atom is -0.491 e. The first kappa shape index (κ1) is 26.3. The molecular formula is C32H40N4O2. The fourth-order valence-corrected chi connectivity index (χ4v) is 5.47. The van der Waals surface area contributed by atoms with Crippen LogP contribution in [-0.4, -0.2) is 72.0 Å². The van der Waals surface area contributed by atoms with Crippen molar-refractivity contribution in [2.24, 2.45) is 0 Å². The molecule has 38 heavy (non-hydrogen) atoms. The highest BCUT2D eigenvalue weighted by Gasteiger charge is 2.29. The number of carbonyl (C=O) groups is 1. The average molecular weight is 513 g/mol. The summed E-state index contributed by atoms with van der Waals surface area (Å²) in [6.45, 7) is 10.4. The molecule has 0 spiro atoms. The molecule has 3 aromatic rings. The molecule has 1 atom stereocenters. The number of benzene rings is 3. The summed E-state index contributed by atoms with van der Waals surface area (Å²) in [7, 11) is 0. The van der Waals surface area contributed by atoms with E-state index in [-0.39, 0.29) is 11.9 Å². The smallest absolute Gasteiger partial charge is 0.237 e. The molecule has 0 saturated carbocycles. The Kier molecular flexibility index (Phi) is 8.61. The monoisotopic (exact) mass is 512 g/mol. The van der Waals surface area contributed by atoms with Crippen LogP contribution in [0.2, 0.25) is 0 Å². The number of hydrogen-bond acceptors (Lipinski definition) is 5. The average Bonchev–Trinajstić information content (AvgIpc) is 2.97. The number of carbonyl (C=O) groups excluding carboxylic acids is 1. The van der Waals surface area contributed by atoms with Gasteiger partial charge in [-0.1, -0.05) is 66.7 Å². The fraction of sp³-hybridized carbons (Fsp3) is 0.406. The van der Waals surface area contributed by atoms with Crippen molar-refractivity contribution in [3.8, 4) is 5.75 Å². The second-order valence-electron chi connectivity index (χ2n) is 10.7. The molecule has 3 aromatic carbocycles. The van der Waals surface area contributed by atoms with Gasteiger partial charge < -0.3 is 15.0 Å². The van der Waals surface area contributed by atoms with Crippen molar-refractivity contribution >= 4 is 11.6 Å². The van der Waals surface area contributed by atoms with E-state index in [1.807, 2.05) is 24.3 Å². The Morgan fingerprint density at radius 1 is 0.895 bits per heavy atom. The lowest BCUT2D eigenvalue weighted by molar-refractivity contribution is -0.136.